The normalized spacial score (nSPS) is 24.0. The lowest BCUT2D eigenvalue weighted by molar-refractivity contribution is -0.00725. The molecule has 0 radical (unpaired) electrons. The van der Waals surface area contributed by atoms with Crippen molar-refractivity contribution in [3.63, 3.8) is 0 Å². The number of ether oxygens (including phenoxy) is 1. The fraction of sp³-hybridized carbons (Fsp3) is 0.462. The number of ketones is 1. The van der Waals surface area contributed by atoms with Crippen molar-refractivity contribution in [1.82, 2.24) is 0 Å². The monoisotopic (exact) mass is 204 g/mol. The molecule has 1 atom stereocenters. The second-order valence-corrected chi connectivity index (χ2v) is 4.64. The van der Waals surface area contributed by atoms with Crippen LogP contribution in [0.15, 0.2) is 30.3 Å². The number of carbonyl (C=O) groups is 1. The fourth-order valence-corrected chi connectivity index (χ4v) is 1.95. The lowest BCUT2D eigenvalue weighted by atomic mass is 10.0. The lowest BCUT2D eigenvalue weighted by Gasteiger charge is -2.18. The summed E-state index contributed by atoms with van der Waals surface area (Å²) in [5.74, 6) is 0.112. The Bertz CT molecular complexity index is 354. The number of benzene rings is 1. The summed E-state index contributed by atoms with van der Waals surface area (Å²) in [6.45, 7) is 4.07. The average molecular weight is 204 g/mol. The zero-order chi connectivity index (χ0) is 10.9. The summed E-state index contributed by atoms with van der Waals surface area (Å²) in [7, 11) is 0. The molecule has 2 heteroatoms. The summed E-state index contributed by atoms with van der Waals surface area (Å²) in [4.78, 5) is 12.0. The van der Waals surface area contributed by atoms with E-state index in [1.807, 2.05) is 44.2 Å². The maximum Gasteiger partial charge on any atom is 0.191 e. The number of rotatable bonds is 2. The quantitative estimate of drug-likeness (QED) is 0.692. The molecular formula is C13H16O2. The zero-order valence-corrected chi connectivity index (χ0v) is 9.19. The Hall–Kier alpha value is -1.15. The summed E-state index contributed by atoms with van der Waals surface area (Å²) >= 11 is 0. The van der Waals surface area contributed by atoms with E-state index in [4.69, 9.17) is 4.74 Å². The van der Waals surface area contributed by atoms with Crippen molar-refractivity contribution in [2.24, 2.45) is 0 Å². The molecule has 0 bridgehead atoms. The molecule has 80 valence electrons. The van der Waals surface area contributed by atoms with Crippen LogP contribution in [-0.2, 0) is 4.74 Å². The number of hydrogen-bond donors (Lipinski definition) is 0. The van der Waals surface area contributed by atoms with Gasteiger partial charge in [0.05, 0.1) is 5.60 Å². The third-order valence-electron chi connectivity index (χ3n) is 2.82. The first-order valence-corrected chi connectivity index (χ1v) is 5.36. The van der Waals surface area contributed by atoms with Crippen LogP contribution in [0, 0.1) is 0 Å². The molecule has 1 saturated heterocycles. The fourth-order valence-electron chi connectivity index (χ4n) is 1.95. The molecule has 1 heterocycles. The Labute approximate surface area is 90.3 Å². The van der Waals surface area contributed by atoms with Gasteiger partial charge in [-0.05, 0) is 26.7 Å². The van der Waals surface area contributed by atoms with Gasteiger partial charge in [0.1, 0.15) is 6.10 Å². The van der Waals surface area contributed by atoms with Crippen molar-refractivity contribution in [3.05, 3.63) is 35.9 Å². The highest BCUT2D eigenvalue weighted by atomic mass is 16.5. The van der Waals surface area contributed by atoms with Gasteiger partial charge in [-0.15, -0.1) is 0 Å². The second kappa shape index (κ2) is 3.78. The smallest absolute Gasteiger partial charge is 0.191 e. The van der Waals surface area contributed by atoms with E-state index in [1.54, 1.807) is 0 Å². The minimum Gasteiger partial charge on any atom is -0.364 e. The molecule has 0 spiro atoms. The minimum atomic E-state index is -0.248. The van der Waals surface area contributed by atoms with Crippen LogP contribution in [0.25, 0.3) is 0 Å². The summed E-state index contributed by atoms with van der Waals surface area (Å²) in [6.07, 6.45) is 1.54. The average Bonchev–Trinajstić information content (AvgIpc) is 2.59. The Morgan fingerprint density at radius 2 is 2.00 bits per heavy atom. The molecule has 0 aromatic heterocycles. The summed E-state index contributed by atoms with van der Waals surface area (Å²) in [5, 5.41) is 0. The predicted molar refractivity (Wildman–Crippen MR) is 59.0 cm³/mol. The Kier molecular flexibility index (Phi) is 2.61. The first-order chi connectivity index (χ1) is 7.08. The number of carbonyl (C=O) groups excluding carboxylic acids is 1. The molecule has 0 N–H and O–H groups in total. The van der Waals surface area contributed by atoms with Crippen LogP contribution in [0.4, 0.5) is 0 Å². The first kappa shape index (κ1) is 10.4. The van der Waals surface area contributed by atoms with E-state index in [1.165, 1.54) is 0 Å². The third-order valence-corrected chi connectivity index (χ3v) is 2.82. The summed E-state index contributed by atoms with van der Waals surface area (Å²) < 4.78 is 5.72. The molecule has 0 aliphatic carbocycles. The van der Waals surface area contributed by atoms with E-state index in [0.29, 0.717) is 0 Å². The molecule has 0 saturated carbocycles. The van der Waals surface area contributed by atoms with Crippen molar-refractivity contribution in [2.45, 2.75) is 38.4 Å². The van der Waals surface area contributed by atoms with Crippen molar-refractivity contribution in [1.29, 1.82) is 0 Å². The van der Waals surface area contributed by atoms with E-state index >= 15 is 0 Å². The Balaban J connectivity index is 2.11. The van der Waals surface area contributed by atoms with Gasteiger partial charge in [0.25, 0.3) is 0 Å². The molecule has 1 fully saturated rings. The summed E-state index contributed by atoms with van der Waals surface area (Å²) in [6, 6.07) is 9.37. The van der Waals surface area contributed by atoms with E-state index in [9.17, 15) is 4.79 Å². The van der Waals surface area contributed by atoms with Gasteiger partial charge >= 0.3 is 0 Å². The van der Waals surface area contributed by atoms with Crippen molar-refractivity contribution >= 4 is 5.78 Å². The molecular weight excluding hydrogens is 188 g/mol. The highest BCUT2D eigenvalue weighted by Crippen LogP contribution is 2.30. The highest BCUT2D eigenvalue weighted by Gasteiger charge is 2.35. The predicted octanol–water partition coefficient (Wildman–Crippen LogP) is 2.83. The van der Waals surface area contributed by atoms with Crippen LogP contribution in [-0.4, -0.2) is 17.5 Å². The van der Waals surface area contributed by atoms with Gasteiger partial charge in [0, 0.05) is 5.56 Å². The third kappa shape index (κ3) is 2.26. The van der Waals surface area contributed by atoms with Crippen LogP contribution >= 0.6 is 0 Å². The van der Waals surface area contributed by atoms with Gasteiger partial charge in [-0.3, -0.25) is 4.79 Å². The lowest BCUT2D eigenvalue weighted by Crippen LogP contribution is -2.25. The van der Waals surface area contributed by atoms with E-state index < -0.39 is 0 Å². The topological polar surface area (TPSA) is 26.3 Å². The van der Waals surface area contributed by atoms with E-state index in [2.05, 4.69) is 0 Å². The molecule has 1 aliphatic heterocycles. The van der Waals surface area contributed by atoms with Gasteiger partial charge in [-0.2, -0.15) is 0 Å². The standard InChI is InChI=1S/C13H16O2/c1-13(2)9-8-11(15-13)12(14)10-6-4-3-5-7-10/h3-7,11H,8-9H2,1-2H3/t11-/m1/s1. The van der Waals surface area contributed by atoms with Crippen LogP contribution in [0.3, 0.4) is 0 Å². The molecule has 15 heavy (non-hydrogen) atoms. The van der Waals surface area contributed by atoms with Crippen LogP contribution in [0.2, 0.25) is 0 Å². The van der Waals surface area contributed by atoms with Crippen molar-refractivity contribution in [2.75, 3.05) is 0 Å². The minimum absolute atomic E-state index is 0.112. The van der Waals surface area contributed by atoms with Gasteiger partial charge in [0.2, 0.25) is 0 Å². The van der Waals surface area contributed by atoms with Gasteiger partial charge in [-0.1, -0.05) is 30.3 Å². The van der Waals surface area contributed by atoms with E-state index in [0.717, 1.165) is 18.4 Å². The molecule has 0 amide bonds. The SMILES string of the molecule is CC1(C)CC[C@H](C(=O)c2ccccc2)O1. The molecule has 1 aliphatic rings. The van der Waals surface area contributed by atoms with Crippen molar-refractivity contribution in [3.8, 4) is 0 Å². The van der Waals surface area contributed by atoms with Crippen LogP contribution in [0.1, 0.15) is 37.0 Å². The maximum absolute atomic E-state index is 12.0. The number of hydrogen-bond acceptors (Lipinski definition) is 2. The van der Waals surface area contributed by atoms with Gasteiger partial charge in [0.15, 0.2) is 5.78 Å². The van der Waals surface area contributed by atoms with Crippen molar-refractivity contribution < 1.29 is 9.53 Å². The molecule has 1 aromatic carbocycles. The zero-order valence-electron chi connectivity index (χ0n) is 9.19. The summed E-state index contributed by atoms with van der Waals surface area (Å²) in [5.41, 5.74) is 0.606. The maximum atomic E-state index is 12.0. The highest BCUT2D eigenvalue weighted by molar-refractivity contribution is 5.99. The first-order valence-electron chi connectivity index (χ1n) is 5.36. The Morgan fingerprint density at radius 1 is 1.33 bits per heavy atom. The van der Waals surface area contributed by atoms with Gasteiger partial charge < -0.3 is 4.74 Å². The Morgan fingerprint density at radius 3 is 2.53 bits per heavy atom. The van der Waals surface area contributed by atoms with Gasteiger partial charge in [-0.25, -0.2) is 0 Å². The number of Topliss-reactive ketones (excluding diaryl/α,β-unsaturated/α-hetero) is 1. The molecule has 2 rings (SSSR count). The molecule has 1 aromatic rings. The van der Waals surface area contributed by atoms with E-state index in [-0.39, 0.29) is 17.5 Å². The largest absolute Gasteiger partial charge is 0.364 e. The van der Waals surface area contributed by atoms with Crippen LogP contribution < -0.4 is 0 Å². The second-order valence-electron chi connectivity index (χ2n) is 4.64. The molecule has 2 nitrogen and oxygen atoms in total. The van der Waals surface area contributed by atoms with Crippen LogP contribution in [0.5, 0.6) is 0 Å². The molecule has 0 unspecified atom stereocenters.